The average molecular weight is 186 g/mol. The zero-order valence-electron chi connectivity index (χ0n) is 8.83. The highest BCUT2D eigenvalue weighted by atomic mass is 16.5. The van der Waals surface area contributed by atoms with Crippen molar-refractivity contribution < 1.29 is 4.74 Å². The molecule has 3 heteroatoms. The van der Waals surface area contributed by atoms with Gasteiger partial charge in [0, 0.05) is 18.5 Å². The molecule has 13 heavy (non-hydrogen) atoms. The third-order valence-corrected chi connectivity index (χ3v) is 2.73. The summed E-state index contributed by atoms with van der Waals surface area (Å²) in [6.45, 7) is 9.42. The molecule has 0 aromatic heterocycles. The van der Waals surface area contributed by atoms with Crippen molar-refractivity contribution in [2.24, 2.45) is 11.7 Å². The minimum absolute atomic E-state index is 0.255. The van der Waals surface area contributed by atoms with E-state index in [9.17, 15) is 0 Å². The zero-order valence-corrected chi connectivity index (χ0v) is 8.83. The maximum Gasteiger partial charge on any atom is 0.0621 e. The van der Waals surface area contributed by atoms with Gasteiger partial charge in [-0.05, 0) is 19.5 Å². The largest absolute Gasteiger partial charge is 0.379 e. The van der Waals surface area contributed by atoms with E-state index < -0.39 is 0 Å². The van der Waals surface area contributed by atoms with Gasteiger partial charge in [-0.25, -0.2) is 0 Å². The summed E-state index contributed by atoms with van der Waals surface area (Å²) < 4.78 is 5.34. The average Bonchev–Trinajstić information content (AvgIpc) is 2.51. The van der Waals surface area contributed by atoms with Crippen molar-refractivity contribution in [2.45, 2.75) is 26.3 Å². The first-order valence-electron chi connectivity index (χ1n) is 5.33. The Morgan fingerprint density at radius 2 is 2.15 bits per heavy atom. The van der Waals surface area contributed by atoms with Gasteiger partial charge in [0.2, 0.25) is 0 Å². The van der Waals surface area contributed by atoms with E-state index >= 15 is 0 Å². The first-order valence-corrected chi connectivity index (χ1v) is 5.33. The van der Waals surface area contributed by atoms with Crippen LogP contribution in [0.1, 0.15) is 20.3 Å². The lowest BCUT2D eigenvalue weighted by Crippen LogP contribution is -2.38. The minimum atomic E-state index is 0.255. The SMILES string of the molecule is CCCN(CC)CC1COCC1N. The molecule has 0 amide bonds. The quantitative estimate of drug-likeness (QED) is 0.686. The number of hydrogen-bond acceptors (Lipinski definition) is 3. The maximum atomic E-state index is 5.93. The summed E-state index contributed by atoms with van der Waals surface area (Å²) in [6, 6.07) is 0.255. The number of hydrogen-bond donors (Lipinski definition) is 1. The van der Waals surface area contributed by atoms with E-state index in [1.807, 2.05) is 0 Å². The molecule has 2 N–H and O–H groups in total. The second kappa shape index (κ2) is 5.58. The van der Waals surface area contributed by atoms with Crippen molar-refractivity contribution in [2.75, 3.05) is 32.8 Å². The fourth-order valence-corrected chi connectivity index (χ4v) is 1.83. The number of ether oxygens (including phenoxy) is 1. The molecule has 3 nitrogen and oxygen atoms in total. The van der Waals surface area contributed by atoms with Crippen LogP contribution in [0.4, 0.5) is 0 Å². The van der Waals surface area contributed by atoms with Crippen LogP contribution in [0.3, 0.4) is 0 Å². The molecule has 1 saturated heterocycles. The Morgan fingerprint density at radius 1 is 1.38 bits per heavy atom. The van der Waals surface area contributed by atoms with Gasteiger partial charge in [-0.3, -0.25) is 0 Å². The molecule has 2 atom stereocenters. The van der Waals surface area contributed by atoms with Crippen LogP contribution in [-0.4, -0.2) is 43.8 Å². The second-order valence-corrected chi connectivity index (χ2v) is 3.85. The van der Waals surface area contributed by atoms with Gasteiger partial charge in [0.05, 0.1) is 13.2 Å². The van der Waals surface area contributed by atoms with Crippen LogP contribution < -0.4 is 5.73 Å². The monoisotopic (exact) mass is 186 g/mol. The fraction of sp³-hybridized carbons (Fsp3) is 1.00. The molecule has 1 rings (SSSR count). The summed E-state index contributed by atoms with van der Waals surface area (Å²) in [5.41, 5.74) is 5.93. The number of rotatable bonds is 5. The van der Waals surface area contributed by atoms with Crippen molar-refractivity contribution in [3.63, 3.8) is 0 Å². The first kappa shape index (κ1) is 11.0. The number of nitrogens with zero attached hydrogens (tertiary/aromatic N) is 1. The number of nitrogens with two attached hydrogens (primary N) is 1. The molecule has 0 aromatic carbocycles. The van der Waals surface area contributed by atoms with Crippen molar-refractivity contribution in [3.05, 3.63) is 0 Å². The Hall–Kier alpha value is -0.120. The Bertz CT molecular complexity index is 141. The first-order chi connectivity index (χ1) is 6.27. The van der Waals surface area contributed by atoms with Gasteiger partial charge in [-0.15, -0.1) is 0 Å². The predicted molar refractivity (Wildman–Crippen MR) is 54.7 cm³/mol. The molecular formula is C10H22N2O. The topological polar surface area (TPSA) is 38.5 Å². The lowest BCUT2D eigenvalue weighted by atomic mass is 10.0. The summed E-state index contributed by atoms with van der Waals surface area (Å²) in [4.78, 5) is 2.46. The molecule has 0 radical (unpaired) electrons. The smallest absolute Gasteiger partial charge is 0.0621 e. The lowest BCUT2D eigenvalue weighted by Gasteiger charge is -2.24. The predicted octanol–water partition coefficient (Wildman–Crippen LogP) is 0.692. The molecule has 78 valence electrons. The van der Waals surface area contributed by atoms with E-state index in [2.05, 4.69) is 18.7 Å². The normalized spacial score (nSPS) is 28.6. The second-order valence-electron chi connectivity index (χ2n) is 3.85. The van der Waals surface area contributed by atoms with E-state index in [0.29, 0.717) is 5.92 Å². The van der Waals surface area contributed by atoms with Crippen molar-refractivity contribution >= 4 is 0 Å². The molecule has 1 heterocycles. The molecule has 1 aliphatic heterocycles. The van der Waals surface area contributed by atoms with Crippen LogP contribution in [0.25, 0.3) is 0 Å². The Morgan fingerprint density at radius 3 is 2.62 bits per heavy atom. The van der Waals surface area contributed by atoms with Crippen LogP contribution in [0.5, 0.6) is 0 Å². The molecule has 1 aliphatic rings. The summed E-state index contributed by atoms with van der Waals surface area (Å²) in [7, 11) is 0. The van der Waals surface area contributed by atoms with Gasteiger partial charge in [0.25, 0.3) is 0 Å². The zero-order chi connectivity index (χ0) is 9.68. The van der Waals surface area contributed by atoms with Crippen LogP contribution in [0.15, 0.2) is 0 Å². The Kier molecular flexibility index (Phi) is 4.70. The Balaban J connectivity index is 2.27. The third-order valence-electron chi connectivity index (χ3n) is 2.73. The van der Waals surface area contributed by atoms with Crippen molar-refractivity contribution in [1.82, 2.24) is 4.90 Å². The van der Waals surface area contributed by atoms with Gasteiger partial charge in [0.15, 0.2) is 0 Å². The van der Waals surface area contributed by atoms with Crippen LogP contribution in [0, 0.1) is 5.92 Å². The van der Waals surface area contributed by atoms with Gasteiger partial charge < -0.3 is 15.4 Å². The lowest BCUT2D eigenvalue weighted by molar-refractivity contribution is 0.168. The molecular weight excluding hydrogens is 164 g/mol. The van der Waals surface area contributed by atoms with Crippen molar-refractivity contribution in [3.8, 4) is 0 Å². The van der Waals surface area contributed by atoms with Crippen LogP contribution in [0.2, 0.25) is 0 Å². The summed E-state index contributed by atoms with van der Waals surface area (Å²) in [5.74, 6) is 0.548. The van der Waals surface area contributed by atoms with E-state index in [4.69, 9.17) is 10.5 Å². The van der Waals surface area contributed by atoms with Gasteiger partial charge in [-0.2, -0.15) is 0 Å². The van der Waals surface area contributed by atoms with Gasteiger partial charge in [-0.1, -0.05) is 13.8 Å². The van der Waals surface area contributed by atoms with Crippen LogP contribution in [-0.2, 0) is 4.74 Å². The summed E-state index contributed by atoms with van der Waals surface area (Å²) in [5, 5.41) is 0. The van der Waals surface area contributed by atoms with Crippen LogP contribution >= 0.6 is 0 Å². The van der Waals surface area contributed by atoms with E-state index in [0.717, 1.165) is 26.3 Å². The molecule has 1 fully saturated rings. The highest BCUT2D eigenvalue weighted by molar-refractivity contribution is 4.80. The summed E-state index contributed by atoms with van der Waals surface area (Å²) >= 11 is 0. The molecule has 0 aliphatic carbocycles. The maximum absolute atomic E-state index is 5.93. The summed E-state index contributed by atoms with van der Waals surface area (Å²) in [6.07, 6.45) is 1.22. The van der Waals surface area contributed by atoms with E-state index in [-0.39, 0.29) is 6.04 Å². The third kappa shape index (κ3) is 3.25. The Labute approximate surface area is 81.2 Å². The standard InChI is InChI=1S/C10H22N2O/c1-3-5-12(4-2)6-9-7-13-8-10(9)11/h9-10H,3-8,11H2,1-2H3. The molecule has 0 aromatic rings. The van der Waals surface area contributed by atoms with Crippen molar-refractivity contribution in [1.29, 1.82) is 0 Å². The molecule has 0 bridgehead atoms. The fourth-order valence-electron chi connectivity index (χ4n) is 1.83. The molecule has 0 spiro atoms. The van der Waals surface area contributed by atoms with E-state index in [1.165, 1.54) is 13.0 Å². The minimum Gasteiger partial charge on any atom is -0.379 e. The highest BCUT2D eigenvalue weighted by Crippen LogP contribution is 2.13. The van der Waals surface area contributed by atoms with Gasteiger partial charge in [0.1, 0.15) is 0 Å². The van der Waals surface area contributed by atoms with E-state index in [1.54, 1.807) is 0 Å². The molecule has 0 saturated carbocycles. The molecule has 2 unspecified atom stereocenters. The van der Waals surface area contributed by atoms with Gasteiger partial charge >= 0.3 is 0 Å². The highest BCUT2D eigenvalue weighted by Gasteiger charge is 2.25.